The first-order valence-electron chi connectivity index (χ1n) is 5.70. The van der Waals surface area contributed by atoms with Crippen molar-refractivity contribution in [1.29, 1.82) is 0 Å². The van der Waals surface area contributed by atoms with E-state index in [9.17, 15) is 8.42 Å². The molecule has 0 aliphatic heterocycles. The molecule has 0 aliphatic rings. The molecule has 0 aromatic carbocycles. The summed E-state index contributed by atoms with van der Waals surface area (Å²) in [5, 5.41) is 1.95. The molecule has 0 aliphatic carbocycles. The zero-order valence-corrected chi connectivity index (χ0v) is 13.2. The average molecular weight is 311 g/mol. The number of rotatable bonds is 7. The van der Waals surface area contributed by atoms with Gasteiger partial charge >= 0.3 is 0 Å². The van der Waals surface area contributed by atoms with Crippen LogP contribution in [0.15, 0.2) is 17.5 Å². The predicted molar refractivity (Wildman–Crippen MR) is 77.4 cm³/mol. The summed E-state index contributed by atoms with van der Waals surface area (Å²) in [5.74, 6) is 0.462. The minimum Gasteiger partial charge on any atom is -0.195 e. The fourth-order valence-electron chi connectivity index (χ4n) is 1.53. The van der Waals surface area contributed by atoms with Gasteiger partial charge in [-0.15, -0.1) is 22.9 Å². The average Bonchev–Trinajstić information content (AvgIpc) is 2.87. The van der Waals surface area contributed by atoms with Gasteiger partial charge in [-0.05, 0) is 24.8 Å². The lowest BCUT2D eigenvalue weighted by Crippen LogP contribution is -2.41. The lowest BCUT2D eigenvalue weighted by Gasteiger charge is -2.28. The molecule has 1 atom stereocenters. The zero-order chi connectivity index (χ0) is 13.8. The third kappa shape index (κ3) is 3.68. The van der Waals surface area contributed by atoms with Crippen LogP contribution < -0.4 is 0 Å². The Labute approximate surface area is 118 Å². The van der Waals surface area contributed by atoms with Crippen molar-refractivity contribution in [2.75, 3.05) is 26.5 Å². The molecule has 0 bridgehead atoms. The maximum Gasteiger partial charge on any atom is 0.282 e. The van der Waals surface area contributed by atoms with Gasteiger partial charge in [0.1, 0.15) is 0 Å². The Hall–Kier alpha value is -0.140. The van der Waals surface area contributed by atoms with Gasteiger partial charge in [-0.1, -0.05) is 6.07 Å². The fraction of sp³-hybridized carbons (Fsp3) is 0.636. The molecule has 0 fully saturated rings. The SMILES string of the molecule is CC(c1cccs1)N(C)S(=O)(=O)N(C)CCCCl. The van der Waals surface area contributed by atoms with Crippen molar-refractivity contribution in [3.05, 3.63) is 22.4 Å². The highest BCUT2D eigenvalue weighted by molar-refractivity contribution is 7.86. The molecule has 1 rings (SSSR count). The summed E-state index contributed by atoms with van der Waals surface area (Å²) >= 11 is 7.14. The summed E-state index contributed by atoms with van der Waals surface area (Å²) in [5.41, 5.74) is 0. The minimum absolute atomic E-state index is 0.159. The first-order chi connectivity index (χ1) is 8.41. The molecule has 1 aromatic rings. The fourth-order valence-corrected chi connectivity index (χ4v) is 3.85. The zero-order valence-electron chi connectivity index (χ0n) is 10.8. The van der Waals surface area contributed by atoms with Crippen molar-refractivity contribution < 1.29 is 8.42 Å². The summed E-state index contributed by atoms with van der Waals surface area (Å²) in [6, 6.07) is 3.71. The van der Waals surface area contributed by atoms with Crippen LogP contribution in [0, 0.1) is 0 Å². The molecule has 0 radical (unpaired) electrons. The van der Waals surface area contributed by atoms with Gasteiger partial charge in [0.15, 0.2) is 0 Å². The van der Waals surface area contributed by atoms with E-state index in [0.717, 1.165) is 4.88 Å². The molecule has 0 saturated heterocycles. The Kier molecular flexibility index (Phi) is 6.07. The highest BCUT2D eigenvalue weighted by Crippen LogP contribution is 2.26. The van der Waals surface area contributed by atoms with Gasteiger partial charge in [0.25, 0.3) is 10.2 Å². The summed E-state index contributed by atoms with van der Waals surface area (Å²) in [7, 11) is -0.231. The molecule has 0 N–H and O–H groups in total. The lowest BCUT2D eigenvalue weighted by molar-refractivity contribution is 0.352. The van der Waals surface area contributed by atoms with Crippen LogP contribution in [0.4, 0.5) is 0 Å². The number of thiophene rings is 1. The van der Waals surface area contributed by atoms with Crippen LogP contribution in [0.3, 0.4) is 0 Å². The molecule has 1 aromatic heterocycles. The van der Waals surface area contributed by atoms with Gasteiger partial charge in [0.05, 0.1) is 6.04 Å². The molecule has 1 heterocycles. The van der Waals surface area contributed by atoms with E-state index < -0.39 is 10.2 Å². The second-order valence-corrected chi connectivity index (χ2v) is 7.53. The van der Waals surface area contributed by atoms with E-state index in [-0.39, 0.29) is 6.04 Å². The van der Waals surface area contributed by atoms with Crippen molar-refractivity contribution in [3.63, 3.8) is 0 Å². The van der Waals surface area contributed by atoms with E-state index in [4.69, 9.17) is 11.6 Å². The number of hydrogen-bond donors (Lipinski definition) is 0. The third-order valence-electron chi connectivity index (χ3n) is 2.86. The molecule has 0 spiro atoms. The molecular weight excluding hydrogens is 292 g/mol. The van der Waals surface area contributed by atoms with Crippen LogP contribution in [0.5, 0.6) is 0 Å². The molecule has 7 heteroatoms. The topological polar surface area (TPSA) is 40.6 Å². The second kappa shape index (κ2) is 6.86. The molecule has 104 valence electrons. The highest BCUT2D eigenvalue weighted by Gasteiger charge is 2.28. The van der Waals surface area contributed by atoms with Crippen LogP contribution in [0.1, 0.15) is 24.3 Å². The standard InChI is InChI=1S/C11H19ClN2O2S2/c1-10(11-6-4-9-17-11)14(3)18(15,16)13(2)8-5-7-12/h4,6,9-10H,5,7-8H2,1-3H3. The Morgan fingerprint density at radius 3 is 2.61 bits per heavy atom. The van der Waals surface area contributed by atoms with Gasteiger partial charge < -0.3 is 0 Å². The van der Waals surface area contributed by atoms with Gasteiger partial charge in [0, 0.05) is 31.4 Å². The normalized spacial score (nSPS) is 14.3. The second-order valence-electron chi connectivity index (χ2n) is 4.08. The van der Waals surface area contributed by atoms with Crippen molar-refractivity contribution in [3.8, 4) is 0 Å². The van der Waals surface area contributed by atoms with E-state index >= 15 is 0 Å². The van der Waals surface area contributed by atoms with E-state index in [1.54, 1.807) is 25.4 Å². The number of nitrogens with zero attached hydrogens (tertiary/aromatic N) is 2. The molecule has 18 heavy (non-hydrogen) atoms. The van der Waals surface area contributed by atoms with E-state index in [1.807, 2.05) is 24.4 Å². The Bertz CT molecular complexity index is 448. The van der Waals surface area contributed by atoms with Crippen molar-refractivity contribution in [2.45, 2.75) is 19.4 Å². The lowest BCUT2D eigenvalue weighted by atomic mass is 10.3. The third-order valence-corrected chi connectivity index (χ3v) is 6.19. The van der Waals surface area contributed by atoms with Gasteiger partial charge in [-0.3, -0.25) is 0 Å². The van der Waals surface area contributed by atoms with E-state index in [1.165, 1.54) is 8.61 Å². The summed E-state index contributed by atoms with van der Waals surface area (Å²) < 4.78 is 27.3. The van der Waals surface area contributed by atoms with Gasteiger partial charge in [-0.2, -0.15) is 17.0 Å². The van der Waals surface area contributed by atoms with Crippen molar-refractivity contribution >= 4 is 33.1 Å². The van der Waals surface area contributed by atoms with Crippen LogP contribution >= 0.6 is 22.9 Å². The molecule has 1 unspecified atom stereocenters. The molecular formula is C11H19ClN2O2S2. The summed E-state index contributed by atoms with van der Waals surface area (Å²) in [6.45, 7) is 2.33. The number of hydrogen-bond acceptors (Lipinski definition) is 3. The smallest absolute Gasteiger partial charge is 0.195 e. The number of halogens is 1. The highest BCUT2D eigenvalue weighted by atomic mass is 35.5. The quantitative estimate of drug-likeness (QED) is 0.726. The van der Waals surface area contributed by atoms with Crippen molar-refractivity contribution in [2.24, 2.45) is 0 Å². The van der Waals surface area contributed by atoms with Gasteiger partial charge in [0.2, 0.25) is 0 Å². The Balaban J connectivity index is 2.78. The van der Waals surface area contributed by atoms with Crippen LogP contribution in [0.2, 0.25) is 0 Å². The van der Waals surface area contributed by atoms with Gasteiger partial charge in [-0.25, -0.2) is 0 Å². The monoisotopic (exact) mass is 310 g/mol. The van der Waals surface area contributed by atoms with Crippen LogP contribution in [-0.2, 0) is 10.2 Å². The summed E-state index contributed by atoms with van der Waals surface area (Å²) in [4.78, 5) is 1.03. The minimum atomic E-state index is -3.42. The molecule has 0 amide bonds. The Morgan fingerprint density at radius 2 is 2.11 bits per heavy atom. The van der Waals surface area contributed by atoms with Crippen molar-refractivity contribution in [1.82, 2.24) is 8.61 Å². The Morgan fingerprint density at radius 1 is 1.44 bits per heavy atom. The molecule has 4 nitrogen and oxygen atoms in total. The first kappa shape index (κ1) is 15.9. The number of alkyl halides is 1. The van der Waals surface area contributed by atoms with Crippen LogP contribution in [-0.4, -0.2) is 43.5 Å². The predicted octanol–water partition coefficient (Wildman–Crippen LogP) is 2.55. The van der Waals surface area contributed by atoms with E-state index in [2.05, 4.69) is 0 Å². The summed E-state index contributed by atoms with van der Waals surface area (Å²) in [6.07, 6.45) is 0.651. The van der Waals surface area contributed by atoms with Crippen LogP contribution in [0.25, 0.3) is 0 Å². The largest absolute Gasteiger partial charge is 0.282 e. The first-order valence-corrected chi connectivity index (χ1v) is 8.51. The maximum atomic E-state index is 12.3. The maximum absolute atomic E-state index is 12.3. The van der Waals surface area contributed by atoms with E-state index in [0.29, 0.717) is 18.8 Å². The molecule has 0 saturated carbocycles.